The summed E-state index contributed by atoms with van der Waals surface area (Å²) in [5.74, 6) is 0.346. The second-order valence-corrected chi connectivity index (χ2v) is 4.84. The van der Waals surface area contributed by atoms with Crippen molar-refractivity contribution in [2.75, 3.05) is 14.2 Å². The van der Waals surface area contributed by atoms with E-state index in [0.29, 0.717) is 5.69 Å². The number of aromatic nitrogens is 2. The van der Waals surface area contributed by atoms with Crippen LogP contribution in [0.15, 0.2) is 22.8 Å². The fourth-order valence-corrected chi connectivity index (χ4v) is 2.10. The number of nitrogens with zero attached hydrogens (tertiary/aromatic N) is 2. The zero-order chi connectivity index (χ0) is 13.3. The maximum absolute atomic E-state index is 11.7. The van der Waals surface area contributed by atoms with Gasteiger partial charge in [-0.1, -0.05) is 0 Å². The molecule has 2 aromatic heterocycles. The Morgan fingerprint density at radius 3 is 2.89 bits per heavy atom. The van der Waals surface area contributed by atoms with Crippen LogP contribution in [0.5, 0.6) is 0 Å². The minimum atomic E-state index is -0.427. The lowest BCUT2D eigenvalue weighted by Crippen LogP contribution is -2.15. The first-order valence-corrected chi connectivity index (χ1v) is 6.31. The molecule has 0 aliphatic carbocycles. The molecule has 2 heterocycles. The van der Waals surface area contributed by atoms with Gasteiger partial charge in [-0.15, -0.1) is 0 Å². The van der Waals surface area contributed by atoms with Crippen LogP contribution < -0.4 is 5.32 Å². The number of halogens is 1. The molecule has 1 atom stereocenters. The standard InChI is InChI=1S/C12H14BrN3O2/c1-7(14-2)11-15-10(12(17)18-3)9-5-4-8(13)6-16(9)11/h4-7,14H,1-3H3. The third-order valence-corrected chi connectivity index (χ3v) is 3.30. The summed E-state index contributed by atoms with van der Waals surface area (Å²) in [5, 5.41) is 3.11. The van der Waals surface area contributed by atoms with Gasteiger partial charge in [0.15, 0.2) is 5.69 Å². The Bertz CT molecular complexity index is 594. The highest BCUT2D eigenvalue weighted by Gasteiger charge is 2.20. The molecule has 0 aliphatic heterocycles. The number of hydrogen-bond acceptors (Lipinski definition) is 4. The number of esters is 1. The van der Waals surface area contributed by atoms with E-state index in [-0.39, 0.29) is 6.04 Å². The average Bonchev–Trinajstić information content (AvgIpc) is 2.75. The van der Waals surface area contributed by atoms with E-state index >= 15 is 0 Å². The molecule has 6 heteroatoms. The third-order valence-electron chi connectivity index (χ3n) is 2.83. The first-order chi connectivity index (χ1) is 8.58. The average molecular weight is 312 g/mol. The van der Waals surface area contributed by atoms with Crippen LogP contribution in [0.25, 0.3) is 5.52 Å². The van der Waals surface area contributed by atoms with E-state index in [1.807, 2.05) is 36.7 Å². The number of pyridine rings is 1. The van der Waals surface area contributed by atoms with Crippen molar-refractivity contribution in [2.45, 2.75) is 13.0 Å². The summed E-state index contributed by atoms with van der Waals surface area (Å²) in [4.78, 5) is 16.1. The van der Waals surface area contributed by atoms with Gasteiger partial charge in [0, 0.05) is 10.7 Å². The summed E-state index contributed by atoms with van der Waals surface area (Å²) in [6.45, 7) is 1.98. The third kappa shape index (κ3) is 2.13. The summed E-state index contributed by atoms with van der Waals surface area (Å²) in [7, 11) is 3.20. The van der Waals surface area contributed by atoms with Gasteiger partial charge in [-0.2, -0.15) is 0 Å². The van der Waals surface area contributed by atoms with Crippen molar-refractivity contribution in [1.29, 1.82) is 0 Å². The Morgan fingerprint density at radius 1 is 1.56 bits per heavy atom. The largest absolute Gasteiger partial charge is 0.464 e. The second-order valence-electron chi connectivity index (χ2n) is 3.92. The zero-order valence-electron chi connectivity index (χ0n) is 10.4. The summed E-state index contributed by atoms with van der Waals surface area (Å²) in [5.41, 5.74) is 1.07. The molecule has 0 spiro atoms. The van der Waals surface area contributed by atoms with Crippen LogP contribution in [0.4, 0.5) is 0 Å². The van der Waals surface area contributed by atoms with E-state index in [1.165, 1.54) is 7.11 Å². The van der Waals surface area contributed by atoms with E-state index in [0.717, 1.165) is 15.8 Å². The lowest BCUT2D eigenvalue weighted by molar-refractivity contribution is 0.0596. The minimum absolute atomic E-state index is 0.0326. The monoisotopic (exact) mass is 311 g/mol. The van der Waals surface area contributed by atoms with Crippen LogP contribution in [0.2, 0.25) is 0 Å². The predicted octanol–water partition coefficient (Wildman–Crippen LogP) is 2.16. The van der Waals surface area contributed by atoms with Crippen LogP contribution in [-0.2, 0) is 4.74 Å². The Morgan fingerprint density at radius 2 is 2.28 bits per heavy atom. The fraction of sp³-hybridized carbons (Fsp3) is 0.333. The minimum Gasteiger partial charge on any atom is -0.464 e. The molecule has 0 radical (unpaired) electrons. The SMILES string of the molecule is CNC(C)c1nc(C(=O)OC)c2ccc(Br)cn12. The number of carbonyl (C=O) groups excluding carboxylic acids is 1. The molecular weight excluding hydrogens is 298 g/mol. The molecule has 2 aromatic rings. The summed E-state index contributed by atoms with van der Waals surface area (Å²) in [6, 6.07) is 3.75. The first kappa shape index (κ1) is 13.0. The highest BCUT2D eigenvalue weighted by Crippen LogP contribution is 2.21. The number of ether oxygens (including phenoxy) is 1. The van der Waals surface area contributed by atoms with Crippen LogP contribution in [0, 0.1) is 0 Å². The van der Waals surface area contributed by atoms with Crippen LogP contribution in [0.1, 0.15) is 29.3 Å². The lowest BCUT2D eigenvalue weighted by Gasteiger charge is -2.08. The summed E-state index contributed by atoms with van der Waals surface area (Å²) in [6.07, 6.45) is 1.89. The number of nitrogens with one attached hydrogen (secondary N) is 1. The predicted molar refractivity (Wildman–Crippen MR) is 71.7 cm³/mol. The van der Waals surface area contributed by atoms with Crippen molar-refractivity contribution in [1.82, 2.24) is 14.7 Å². The van der Waals surface area contributed by atoms with Gasteiger partial charge in [-0.05, 0) is 42.0 Å². The van der Waals surface area contributed by atoms with Gasteiger partial charge in [0.05, 0.1) is 18.7 Å². The smallest absolute Gasteiger partial charge is 0.358 e. The second kappa shape index (κ2) is 5.07. The molecule has 18 heavy (non-hydrogen) atoms. The Hall–Kier alpha value is -1.40. The van der Waals surface area contributed by atoms with Crippen molar-refractivity contribution >= 4 is 27.4 Å². The highest BCUT2D eigenvalue weighted by molar-refractivity contribution is 9.10. The number of carbonyl (C=O) groups is 1. The van der Waals surface area contributed by atoms with Crippen molar-refractivity contribution in [3.8, 4) is 0 Å². The van der Waals surface area contributed by atoms with Crippen molar-refractivity contribution in [3.05, 3.63) is 34.3 Å². The van der Waals surface area contributed by atoms with Crippen LogP contribution in [-0.4, -0.2) is 29.5 Å². The molecule has 0 saturated carbocycles. The molecule has 0 aromatic carbocycles. The molecule has 5 nitrogen and oxygen atoms in total. The molecule has 0 amide bonds. The van der Waals surface area contributed by atoms with E-state index in [2.05, 4.69) is 26.2 Å². The fourth-order valence-electron chi connectivity index (χ4n) is 1.76. The van der Waals surface area contributed by atoms with Gasteiger partial charge in [0.1, 0.15) is 5.82 Å². The van der Waals surface area contributed by atoms with E-state index in [4.69, 9.17) is 4.74 Å². The molecule has 0 bridgehead atoms. The number of fused-ring (bicyclic) bond motifs is 1. The number of methoxy groups -OCH3 is 1. The van der Waals surface area contributed by atoms with E-state index < -0.39 is 5.97 Å². The Balaban J connectivity index is 2.71. The molecular formula is C12H14BrN3O2. The van der Waals surface area contributed by atoms with Gasteiger partial charge in [-0.25, -0.2) is 9.78 Å². The summed E-state index contributed by atoms with van der Waals surface area (Å²) >= 11 is 3.42. The highest BCUT2D eigenvalue weighted by atomic mass is 79.9. The molecule has 0 fully saturated rings. The molecule has 1 unspecified atom stereocenters. The number of rotatable bonds is 3. The molecule has 0 aliphatic rings. The Labute approximate surface area is 113 Å². The molecule has 0 saturated heterocycles. The zero-order valence-corrected chi connectivity index (χ0v) is 12.0. The lowest BCUT2D eigenvalue weighted by atomic mass is 10.3. The van der Waals surface area contributed by atoms with E-state index in [9.17, 15) is 4.79 Å². The van der Waals surface area contributed by atoms with E-state index in [1.54, 1.807) is 0 Å². The quantitative estimate of drug-likeness (QED) is 0.883. The van der Waals surface area contributed by atoms with Gasteiger partial charge < -0.3 is 14.5 Å². The first-order valence-electron chi connectivity index (χ1n) is 5.51. The normalized spacial score (nSPS) is 12.7. The van der Waals surface area contributed by atoms with Gasteiger partial charge in [0.2, 0.25) is 0 Å². The Kier molecular flexibility index (Phi) is 3.68. The van der Waals surface area contributed by atoms with Crippen LogP contribution in [0.3, 0.4) is 0 Å². The summed E-state index contributed by atoms with van der Waals surface area (Å²) < 4.78 is 7.57. The van der Waals surface area contributed by atoms with Crippen molar-refractivity contribution in [2.24, 2.45) is 0 Å². The van der Waals surface area contributed by atoms with Crippen LogP contribution >= 0.6 is 15.9 Å². The van der Waals surface area contributed by atoms with Gasteiger partial charge in [-0.3, -0.25) is 0 Å². The van der Waals surface area contributed by atoms with Crippen molar-refractivity contribution < 1.29 is 9.53 Å². The molecule has 96 valence electrons. The van der Waals surface area contributed by atoms with Crippen molar-refractivity contribution in [3.63, 3.8) is 0 Å². The number of hydrogen-bond donors (Lipinski definition) is 1. The molecule has 2 rings (SSSR count). The topological polar surface area (TPSA) is 55.6 Å². The van der Waals surface area contributed by atoms with Gasteiger partial charge in [0.25, 0.3) is 0 Å². The van der Waals surface area contributed by atoms with Gasteiger partial charge >= 0.3 is 5.97 Å². The molecule has 1 N–H and O–H groups in total. The maximum atomic E-state index is 11.7. The number of imidazole rings is 1. The maximum Gasteiger partial charge on any atom is 0.358 e.